The van der Waals surface area contributed by atoms with E-state index in [0.717, 1.165) is 41.6 Å². The molecule has 1 aromatic carbocycles. The number of benzene rings is 1. The molecule has 3 rings (SSSR count). The number of nitrogens with zero attached hydrogens (tertiary/aromatic N) is 2. The highest BCUT2D eigenvalue weighted by atomic mass is 19.4. The molecule has 0 spiro atoms. The van der Waals surface area contributed by atoms with E-state index in [0.29, 0.717) is 0 Å². The lowest BCUT2D eigenvalue weighted by atomic mass is 10.0. The van der Waals surface area contributed by atoms with E-state index in [4.69, 9.17) is 0 Å². The molecule has 2 nitrogen and oxygen atoms in total. The fourth-order valence-electron chi connectivity index (χ4n) is 3.07. The van der Waals surface area contributed by atoms with Crippen LogP contribution < -0.4 is 0 Å². The van der Waals surface area contributed by atoms with E-state index < -0.39 is 11.7 Å². The summed E-state index contributed by atoms with van der Waals surface area (Å²) < 4.78 is 40.1. The molecule has 0 atom stereocenters. The monoisotopic (exact) mass is 370 g/mol. The Bertz CT molecular complexity index is 977. The normalized spacial score (nSPS) is 13.0. The first kappa shape index (κ1) is 19.0. The Morgan fingerprint density at radius 2 is 1.85 bits per heavy atom. The predicted molar refractivity (Wildman–Crippen MR) is 103 cm³/mol. The maximum absolute atomic E-state index is 12.8. The Labute approximate surface area is 156 Å². The van der Waals surface area contributed by atoms with Crippen molar-refractivity contribution in [3.05, 3.63) is 83.7 Å². The highest BCUT2D eigenvalue weighted by molar-refractivity contribution is 5.80. The van der Waals surface area contributed by atoms with Crippen molar-refractivity contribution in [2.45, 2.75) is 32.9 Å². The van der Waals surface area contributed by atoms with Gasteiger partial charge in [0.2, 0.25) is 0 Å². The van der Waals surface area contributed by atoms with Crippen molar-refractivity contribution in [1.82, 2.24) is 9.61 Å². The second-order valence-electron chi connectivity index (χ2n) is 6.36. The molecule has 0 unspecified atom stereocenters. The van der Waals surface area contributed by atoms with Crippen LogP contribution in [0.15, 0.2) is 72.6 Å². The second kappa shape index (κ2) is 7.82. The van der Waals surface area contributed by atoms with Gasteiger partial charge in [-0.15, -0.1) is 0 Å². The smallest absolute Gasteiger partial charge is 0.240 e. The van der Waals surface area contributed by atoms with Crippen LogP contribution in [-0.2, 0) is 12.6 Å². The van der Waals surface area contributed by atoms with Gasteiger partial charge in [-0.1, -0.05) is 35.9 Å². The second-order valence-corrected chi connectivity index (χ2v) is 6.36. The van der Waals surface area contributed by atoms with Crippen molar-refractivity contribution >= 4 is 5.52 Å². The van der Waals surface area contributed by atoms with E-state index in [-0.39, 0.29) is 0 Å². The topological polar surface area (TPSA) is 17.3 Å². The average Bonchev–Trinajstić information content (AvgIpc) is 3.07. The minimum atomic E-state index is -4.33. The number of allylic oxidation sites excluding steroid dienone is 4. The van der Waals surface area contributed by atoms with Gasteiger partial charge in [-0.2, -0.15) is 18.3 Å². The molecular formula is C22H21F3N2. The van der Waals surface area contributed by atoms with Crippen molar-refractivity contribution in [1.29, 1.82) is 0 Å². The molecule has 27 heavy (non-hydrogen) atoms. The summed E-state index contributed by atoms with van der Waals surface area (Å²) in [5.74, 6) is 0. The summed E-state index contributed by atoms with van der Waals surface area (Å²) in [5, 5.41) is 4.32. The third kappa shape index (κ3) is 4.30. The molecule has 3 aromatic rings. The highest BCUT2D eigenvalue weighted by Gasteiger charge is 2.30. The van der Waals surface area contributed by atoms with E-state index in [1.54, 1.807) is 10.7 Å². The molecule has 0 saturated heterocycles. The van der Waals surface area contributed by atoms with Gasteiger partial charge in [0.25, 0.3) is 0 Å². The van der Waals surface area contributed by atoms with Crippen molar-refractivity contribution in [2.24, 2.45) is 0 Å². The third-order valence-electron chi connectivity index (χ3n) is 4.56. The summed E-state index contributed by atoms with van der Waals surface area (Å²) in [4.78, 5) is 0. The molecule has 0 bridgehead atoms. The summed E-state index contributed by atoms with van der Waals surface area (Å²) in [6.45, 7) is 4.02. The van der Waals surface area contributed by atoms with Gasteiger partial charge < -0.3 is 0 Å². The Morgan fingerprint density at radius 3 is 2.48 bits per heavy atom. The lowest BCUT2D eigenvalue weighted by Gasteiger charge is -2.08. The van der Waals surface area contributed by atoms with Crippen LogP contribution in [0.4, 0.5) is 13.2 Å². The van der Waals surface area contributed by atoms with E-state index in [9.17, 15) is 13.2 Å². The van der Waals surface area contributed by atoms with Gasteiger partial charge in [0.05, 0.1) is 17.3 Å². The summed E-state index contributed by atoms with van der Waals surface area (Å²) in [6, 6.07) is 9.30. The zero-order valence-corrected chi connectivity index (χ0v) is 15.3. The molecule has 0 saturated carbocycles. The number of aryl methyl sites for hydroxylation is 1. The largest absolute Gasteiger partial charge is 0.416 e. The minimum absolute atomic E-state index is 0.647. The Balaban J connectivity index is 1.89. The maximum Gasteiger partial charge on any atom is 0.416 e. The summed E-state index contributed by atoms with van der Waals surface area (Å²) in [5.41, 5.74) is 4.23. The molecule has 0 aliphatic heterocycles. The van der Waals surface area contributed by atoms with Gasteiger partial charge in [-0.3, -0.25) is 0 Å². The van der Waals surface area contributed by atoms with Gasteiger partial charge in [0.15, 0.2) is 0 Å². The summed E-state index contributed by atoms with van der Waals surface area (Å²) in [6.07, 6.45) is 7.31. The molecule has 0 aliphatic carbocycles. The number of pyridine rings is 1. The number of alkyl halides is 3. The van der Waals surface area contributed by atoms with Crippen LogP contribution in [0.25, 0.3) is 16.6 Å². The van der Waals surface area contributed by atoms with Crippen LogP contribution in [0, 0.1) is 0 Å². The molecule has 2 aromatic heterocycles. The fraction of sp³-hybridized carbons (Fsp3) is 0.227. The quantitative estimate of drug-likeness (QED) is 0.470. The average molecular weight is 370 g/mol. The highest BCUT2D eigenvalue weighted by Crippen LogP contribution is 2.32. The number of hydrogen-bond acceptors (Lipinski definition) is 1. The first-order chi connectivity index (χ1) is 12.9. The van der Waals surface area contributed by atoms with Crippen LogP contribution in [0.2, 0.25) is 0 Å². The van der Waals surface area contributed by atoms with Crippen molar-refractivity contribution in [3.8, 4) is 11.1 Å². The zero-order valence-electron chi connectivity index (χ0n) is 15.3. The number of halogens is 3. The molecule has 2 heterocycles. The molecule has 0 amide bonds. The maximum atomic E-state index is 12.8. The summed E-state index contributed by atoms with van der Waals surface area (Å²) >= 11 is 0. The number of fused-ring (bicyclic) bond motifs is 1. The van der Waals surface area contributed by atoms with Gasteiger partial charge in [-0.05, 0) is 62.1 Å². The first-order valence-corrected chi connectivity index (χ1v) is 8.84. The van der Waals surface area contributed by atoms with Crippen molar-refractivity contribution in [3.63, 3.8) is 0 Å². The number of aromatic nitrogens is 2. The first-order valence-electron chi connectivity index (χ1n) is 8.84. The standard InChI is InChI=1S/C22H21F3N2/c1-3-5-16(4-2)6-7-17-12-13-27-21(14-17)20(15-26-27)18-8-10-19(11-9-18)22(23,24)25/h3-5,8-15H,6-7H2,1-2H3. The molecular weight excluding hydrogens is 349 g/mol. The Kier molecular flexibility index (Phi) is 5.49. The van der Waals surface area contributed by atoms with Gasteiger partial charge >= 0.3 is 6.18 Å². The van der Waals surface area contributed by atoms with E-state index in [1.165, 1.54) is 23.3 Å². The fourth-order valence-corrected chi connectivity index (χ4v) is 3.07. The SMILES string of the molecule is CC=CC(=CC)CCc1ccn2ncc(-c3ccc(C(F)(F)F)cc3)c2c1. The predicted octanol–water partition coefficient (Wildman–Crippen LogP) is 6.48. The zero-order chi connectivity index (χ0) is 19.4. The lowest BCUT2D eigenvalue weighted by molar-refractivity contribution is -0.137. The van der Waals surface area contributed by atoms with Crippen LogP contribution >= 0.6 is 0 Å². The third-order valence-corrected chi connectivity index (χ3v) is 4.56. The molecule has 0 fully saturated rings. The molecule has 0 aliphatic rings. The van der Waals surface area contributed by atoms with Gasteiger partial charge in [0.1, 0.15) is 0 Å². The van der Waals surface area contributed by atoms with E-state index in [2.05, 4.69) is 23.3 Å². The number of rotatable bonds is 5. The molecule has 0 N–H and O–H groups in total. The van der Waals surface area contributed by atoms with Gasteiger partial charge in [-0.25, -0.2) is 4.52 Å². The van der Waals surface area contributed by atoms with Crippen LogP contribution in [0.5, 0.6) is 0 Å². The lowest BCUT2D eigenvalue weighted by Crippen LogP contribution is -2.03. The minimum Gasteiger partial charge on any atom is -0.240 e. The summed E-state index contributed by atoms with van der Waals surface area (Å²) in [7, 11) is 0. The number of hydrogen-bond donors (Lipinski definition) is 0. The van der Waals surface area contributed by atoms with Crippen LogP contribution in [0.1, 0.15) is 31.4 Å². The molecule has 5 heteroatoms. The molecule has 140 valence electrons. The van der Waals surface area contributed by atoms with E-state index >= 15 is 0 Å². The Morgan fingerprint density at radius 1 is 1.11 bits per heavy atom. The van der Waals surface area contributed by atoms with Crippen molar-refractivity contribution in [2.75, 3.05) is 0 Å². The molecule has 0 radical (unpaired) electrons. The van der Waals surface area contributed by atoms with E-state index in [1.807, 2.05) is 32.2 Å². The van der Waals surface area contributed by atoms with Gasteiger partial charge in [0, 0.05) is 11.8 Å². The van der Waals surface area contributed by atoms with Crippen LogP contribution in [-0.4, -0.2) is 9.61 Å². The Hall–Kier alpha value is -2.82. The van der Waals surface area contributed by atoms with Crippen molar-refractivity contribution < 1.29 is 13.2 Å². The van der Waals surface area contributed by atoms with Crippen LogP contribution in [0.3, 0.4) is 0 Å².